The topological polar surface area (TPSA) is 66.5 Å². The number of rotatable bonds is 6. The third-order valence-corrected chi connectivity index (χ3v) is 8.10. The van der Waals surface area contributed by atoms with Crippen molar-refractivity contribution in [3.8, 4) is 0 Å². The summed E-state index contributed by atoms with van der Waals surface area (Å²) in [6.07, 6.45) is 8.20. The van der Waals surface area contributed by atoms with Crippen LogP contribution in [0.3, 0.4) is 0 Å². The molecule has 4 saturated carbocycles. The van der Waals surface area contributed by atoms with Crippen LogP contribution in [0.15, 0.2) is 24.3 Å². The first-order valence-corrected chi connectivity index (χ1v) is 11.9. The van der Waals surface area contributed by atoms with Gasteiger partial charge >= 0.3 is 0 Å². The zero-order valence-corrected chi connectivity index (χ0v) is 17.2. The summed E-state index contributed by atoms with van der Waals surface area (Å²) in [6.45, 7) is -0.0569. The molecule has 1 aromatic carbocycles. The minimum Gasteiger partial charge on any atom is -0.349 e. The van der Waals surface area contributed by atoms with Crippen LogP contribution in [0.1, 0.15) is 44.1 Å². The maximum Gasteiger partial charge on any atom is 0.235 e. The lowest BCUT2D eigenvalue weighted by Gasteiger charge is -2.57. The van der Waals surface area contributed by atoms with Crippen LogP contribution in [-0.2, 0) is 21.4 Å². The Bertz CT molecular complexity index is 804. The number of benzene rings is 1. The van der Waals surface area contributed by atoms with Gasteiger partial charge in [0.05, 0.1) is 12.8 Å². The second-order valence-electron chi connectivity index (χ2n) is 8.87. The molecular weight excluding hydrogens is 384 g/mol. The van der Waals surface area contributed by atoms with Gasteiger partial charge in [0.1, 0.15) is 0 Å². The number of amides is 1. The number of sulfonamides is 1. The first-order valence-electron chi connectivity index (χ1n) is 9.72. The molecule has 4 bridgehead atoms. The summed E-state index contributed by atoms with van der Waals surface area (Å²) in [5.74, 6) is 1.98. The van der Waals surface area contributed by atoms with E-state index in [-0.39, 0.29) is 24.5 Å². The normalized spacial score (nSPS) is 32.0. The third kappa shape index (κ3) is 4.17. The summed E-state index contributed by atoms with van der Waals surface area (Å²) in [7, 11) is -3.53. The lowest BCUT2D eigenvalue weighted by atomic mass is 9.53. The van der Waals surface area contributed by atoms with Crippen molar-refractivity contribution >= 4 is 27.5 Å². The molecule has 148 valence electrons. The molecule has 4 aliphatic rings. The zero-order chi connectivity index (χ0) is 19.2. The fraction of sp³-hybridized carbons (Fsp3) is 0.650. The van der Waals surface area contributed by atoms with Crippen LogP contribution < -0.4 is 5.32 Å². The number of carbonyl (C=O) groups is 1. The minimum absolute atomic E-state index is 0.104. The van der Waals surface area contributed by atoms with Gasteiger partial charge in [0.25, 0.3) is 0 Å². The Morgan fingerprint density at radius 1 is 1.15 bits per heavy atom. The van der Waals surface area contributed by atoms with Gasteiger partial charge in [0.15, 0.2) is 0 Å². The van der Waals surface area contributed by atoms with E-state index in [4.69, 9.17) is 11.6 Å². The summed E-state index contributed by atoms with van der Waals surface area (Å²) in [6, 6.07) is 7.14. The van der Waals surface area contributed by atoms with Crippen molar-refractivity contribution in [3.63, 3.8) is 0 Å². The molecule has 5 rings (SSSR count). The summed E-state index contributed by atoms with van der Waals surface area (Å²) in [4.78, 5) is 12.8. The average molecular weight is 411 g/mol. The number of halogens is 1. The lowest BCUT2D eigenvalue weighted by molar-refractivity contribution is -0.127. The SMILES string of the molecule is CS(=O)(=O)N(CC(=O)NC12CC3CC(CC(C3)C1)C2)Cc1ccccc1Cl. The molecule has 0 radical (unpaired) electrons. The quantitative estimate of drug-likeness (QED) is 0.783. The zero-order valence-electron chi connectivity index (χ0n) is 15.7. The summed E-state index contributed by atoms with van der Waals surface area (Å²) in [5, 5.41) is 3.76. The van der Waals surface area contributed by atoms with Crippen LogP contribution in [0.4, 0.5) is 0 Å². The fourth-order valence-corrected chi connectivity index (χ4v) is 6.79. The van der Waals surface area contributed by atoms with Crippen molar-refractivity contribution in [2.45, 2.75) is 50.6 Å². The predicted molar refractivity (Wildman–Crippen MR) is 106 cm³/mol. The second-order valence-corrected chi connectivity index (χ2v) is 11.3. The van der Waals surface area contributed by atoms with Crippen LogP contribution in [-0.4, -0.2) is 37.0 Å². The molecular formula is C20H27ClN2O3S. The van der Waals surface area contributed by atoms with Gasteiger partial charge in [-0.3, -0.25) is 4.79 Å². The van der Waals surface area contributed by atoms with Crippen LogP contribution >= 0.6 is 11.6 Å². The van der Waals surface area contributed by atoms with Crippen molar-refractivity contribution in [2.24, 2.45) is 17.8 Å². The summed E-state index contributed by atoms with van der Waals surface area (Å²) in [5.41, 5.74) is 0.589. The molecule has 4 fully saturated rings. The van der Waals surface area contributed by atoms with Crippen molar-refractivity contribution in [1.29, 1.82) is 0 Å². The molecule has 0 atom stereocenters. The standard InChI is InChI=1S/C20H27ClN2O3S/c1-27(25,26)23(12-17-4-2-3-5-18(17)21)13-19(24)22-20-9-14-6-15(10-20)8-16(7-14)11-20/h2-5,14-16H,6-13H2,1H3,(H,22,24). The van der Waals surface area contributed by atoms with Gasteiger partial charge in [-0.25, -0.2) is 8.42 Å². The van der Waals surface area contributed by atoms with E-state index in [0.29, 0.717) is 10.6 Å². The molecule has 1 N–H and O–H groups in total. The first-order chi connectivity index (χ1) is 12.7. The molecule has 1 amide bonds. The Labute approximate surface area is 166 Å². The largest absolute Gasteiger partial charge is 0.349 e. The van der Waals surface area contributed by atoms with Crippen molar-refractivity contribution in [3.05, 3.63) is 34.9 Å². The van der Waals surface area contributed by atoms with Crippen LogP contribution in [0.25, 0.3) is 0 Å². The Balaban J connectivity index is 1.45. The van der Waals surface area contributed by atoms with E-state index >= 15 is 0 Å². The number of nitrogens with zero attached hydrogens (tertiary/aromatic N) is 1. The molecule has 0 unspecified atom stereocenters. The first kappa shape index (κ1) is 19.2. The number of carbonyl (C=O) groups excluding carboxylic acids is 1. The molecule has 0 saturated heterocycles. The Morgan fingerprint density at radius 2 is 1.70 bits per heavy atom. The van der Waals surface area contributed by atoms with Crippen molar-refractivity contribution < 1.29 is 13.2 Å². The molecule has 1 aromatic rings. The van der Waals surface area contributed by atoms with Crippen LogP contribution in [0.5, 0.6) is 0 Å². The van der Waals surface area contributed by atoms with E-state index in [1.54, 1.807) is 18.2 Å². The number of nitrogens with one attached hydrogen (secondary N) is 1. The van der Waals surface area contributed by atoms with Gasteiger partial charge in [-0.15, -0.1) is 0 Å². The monoisotopic (exact) mass is 410 g/mol. The highest BCUT2D eigenvalue weighted by Crippen LogP contribution is 2.55. The van der Waals surface area contributed by atoms with Crippen LogP contribution in [0, 0.1) is 17.8 Å². The number of hydrogen-bond acceptors (Lipinski definition) is 3. The molecule has 0 heterocycles. The smallest absolute Gasteiger partial charge is 0.235 e. The van der Waals surface area contributed by atoms with E-state index in [0.717, 1.165) is 43.3 Å². The second kappa shape index (κ2) is 7.05. The minimum atomic E-state index is -3.53. The molecule has 5 nitrogen and oxygen atoms in total. The van der Waals surface area contributed by atoms with Gasteiger partial charge in [0, 0.05) is 17.1 Å². The molecule has 27 heavy (non-hydrogen) atoms. The highest BCUT2D eigenvalue weighted by Gasteiger charge is 2.51. The van der Waals surface area contributed by atoms with Crippen molar-refractivity contribution in [2.75, 3.05) is 12.8 Å². The van der Waals surface area contributed by atoms with E-state index in [9.17, 15) is 13.2 Å². The average Bonchev–Trinajstić information content (AvgIpc) is 2.53. The molecule has 0 aliphatic heterocycles. The highest BCUT2D eigenvalue weighted by atomic mass is 35.5. The van der Waals surface area contributed by atoms with Gasteiger partial charge in [0.2, 0.25) is 15.9 Å². The van der Waals surface area contributed by atoms with E-state index in [1.165, 1.54) is 23.6 Å². The predicted octanol–water partition coefficient (Wildman–Crippen LogP) is 3.19. The van der Waals surface area contributed by atoms with E-state index in [2.05, 4.69) is 5.32 Å². The Morgan fingerprint density at radius 3 is 2.22 bits per heavy atom. The number of hydrogen-bond donors (Lipinski definition) is 1. The van der Waals surface area contributed by atoms with Gasteiger partial charge < -0.3 is 5.32 Å². The molecule has 0 spiro atoms. The summed E-state index contributed by atoms with van der Waals surface area (Å²) >= 11 is 6.18. The van der Waals surface area contributed by atoms with E-state index in [1.807, 2.05) is 6.07 Å². The van der Waals surface area contributed by atoms with Gasteiger partial charge in [-0.2, -0.15) is 4.31 Å². The van der Waals surface area contributed by atoms with E-state index < -0.39 is 10.0 Å². The van der Waals surface area contributed by atoms with Crippen molar-refractivity contribution in [1.82, 2.24) is 9.62 Å². The maximum atomic E-state index is 12.8. The Kier molecular flexibility index (Phi) is 5.02. The fourth-order valence-electron chi connectivity index (χ4n) is 5.87. The molecule has 4 aliphatic carbocycles. The highest BCUT2D eigenvalue weighted by molar-refractivity contribution is 7.88. The van der Waals surface area contributed by atoms with Gasteiger partial charge in [-0.05, 0) is 67.9 Å². The molecule has 0 aromatic heterocycles. The van der Waals surface area contributed by atoms with Gasteiger partial charge in [-0.1, -0.05) is 29.8 Å². The summed E-state index contributed by atoms with van der Waals surface area (Å²) < 4.78 is 25.7. The molecule has 7 heteroatoms. The lowest BCUT2D eigenvalue weighted by Crippen LogP contribution is -2.61. The Hall–Kier alpha value is -1.11. The maximum absolute atomic E-state index is 12.8. The third-order valence-electron chi connectivity index (χ3n) is 6.54. The van der Waals surface area contributed by atoms with Crippen LogP contribution in [0.2, 0.25) is 5.02 Å².